The van der Waals surface area contributed by atoms with Crippen LogP contribution in [0.2, 0.25) is 0 Å². The summed E-state index contributed by atoms with van der Waals surface area (Å²) in [6.45, 7) is 0.911. The van der Waals surface area contributed by atoms with E-state index in [0.29, 0.717) is 5.75 Å². The highest BCUT2D eigenvalue weighted by Crippen LogP contribution is 2.32. The molecule has 0 amide bonds. The molecule has 2 rings (SSSR count). The van der Waals surface area contributed by atoms with Gasteiger partial charge in [0.25, 0.3) is 5.69 Å². The first-order chi connectivity index (χ1) is 7.70. The zero-order valence-electron chi connectivity index (χ0n) is 9.10. The molecule has 16 heavy (non-hydrogen) atoms. The van der Waals surface area contributed by atoms with E-state index in [4.69, 9.17) is 4.74 Å². The van der Waals surface area contributed by atoms with E-state index in [0.717, 1.165) is 18.2 Å². The number of non-ortho nitro benzene ring substituents is 1. The van der Waals surface area contributed by atoms with Crippen molar-refractivity contribution in [2.75, 3.05) is 19.0 Å². The molecule has 5 heteroatoms. The minimum absolute atomic E-state index is 0.0498. The van der Waals surface area contributed by atoms with Gasteiger partial charge in [0.2, 0.25) is 0 Å². The lowest BCUT2D eigenvalue weighted by Crippen LogP contribution is -2.04. The molecule has 0 saturated heterocycles. The molecule has 1 aliphatic carbocycles. The van der Waals surface area contributed by atoms with Crippen LogP contribution in [0.4, 0.5) is 11.4 Å². The average Bonchev–Trinajstić information content (AvgIpc) is 3.09. The fraction of sp³-hybridized carbons (Fsp3) is 0.455. The summed E-state index contributed by atoms with van der Waals surface area (Å²) in [5.41, 5.74) is 0.869. The third-order valence-corrected chi connectivity index (χ3v) is 2.67. The maximum atomic E-state index is 10.6. The number of hydrogen-bond acceptors (Lipinski definition) is 4. The SMILES string of the molecule is COc1cc([N+](=O)[O-])ccc1NCC1CC1. The van der Waals surface area contributed by atoms with E-state index in [2.05, 4.69) is 5.32 Å². The second kappa shape index (κ2) is 4.38. The van der Waals surface area contributed by atoms with Crippen molar-refractivity contribution in [2.45, 2.75) is 12.8 Å². The number of nitrogens with one attached hydrogen (secondary N) is 1. The molecule has 0 radical (unpaired) electrons. The molecule has 1 aliphatic rings. The first kappa shape index (κ1) is 10.7. The third kappa shape index (κ3) is 2.42. The first-order valence-electron chi connectivity index (χ1n) is 5.27. The lowest BCUT2D eigenvalue weighted by atomic mass is 10.2. The topological polar surface area (TPSA) is 64.4 Å². The minimum Gasteiger partial charge on any atom is -0.494 e. The average molecular weight is 222 g/mol. The van der Waals surface area contributed by atoms with Crippen molar-refractivity contribution in [3.63, 3.8) is 0 Å². The summed E-state index contributed by atoms with van der Waals surface area (Å²) in [6.07, 6.45) is 2.53. The van der Waals surface area contributed by atoms with Crippen LogP contribution in [0.1, 0.15) is 12.8 Å². The maximum Gasteiger partial charge on any atom is 0.273 e. The van der Waals surface area contributed by atoms with E-state index in [-0.39, 0.29) is 5.69 Å². The van der Waals surface area contributed by atoms with Gasteiger partial charge in [-0.2, -0.15) is 0 Å². The van der Waals surface area contributed by atoms with Crippen molar-refractivity contribution in [3.8, 4) is 5.75 Å². The Balaban J connectivity index is 2.12. The van der Waals surface area contributed by atoms with Crippen LogP contribution in [-0.2, 0) is 0 Å². The van der Waals surface area contributed by atoms with Crippen molar-refractivity contribution >= 4 is 11.4 Å². The fourth-order valence-electron chi connectivity index (χ4n) is 1.52. The van der Waals surface area contributed by atoms with Crippen molar-refractivity contribution in [1.29, 1.82) is 0 Å². The molecule has 1 saturated carbocycles. The molecule has 0 heterocycles. The molecule has 1 fully saturated rings. The molecule has 1 aromatic carbocycles. The zero-order chi connectivity index (χ0) is 11.5. The molecule has 0 aromatic heterocycles. The highest BCUT2D eigenvalue weighted by Gasteiger charge is 2.21. The highest BCUT2D eigenvalue weighted by molar-refractivity contribution is 5.60. The summed E-state index contributed by atoms with van der Waals surface area (Å²) in [4.78, 5) is 10.2. The number of methoxy groups -OCH3 is 1. The van der Waals surface area contributed by atoms with Gasteiger partial charge in [-0.05, 0) is 24.8 Å². The second-order valence-corrected chi connectivity index (χ2v) is 3.97. The van der Waals surface area contributed by atoms with Gasteiger partial charge in [0, 0.05) is 12.6 Å². The minimum atomic E-state index is -0.423. The van der Waals surface area contributed by atoms with Gasteiger partial charge in [-0.25, -0.2) is 0 Å². The zero-order valence-corrected chi connectivity index (χ0v) is 9.10. The molecular weight excluding hydrogens is 208 g/mol. The van der Waals surface area contributed by atoms with Crippen LogP contribution in [0, 0.1) is 16.0 Å². The molecule has 5 nitrogen and oxygen atoms in total. The van der Waals surface area contributed by atoms with Gasteiger partial charge in [-0.1, -0.05) is 0 Å². The Kier molecular flexibility index (Phi) is 2.94. The Morgan fingerprint density at radius 1 is 1.56 bits per heavy atom. The van der Waals surface area contributed by atoms with Gasteiger partial charge in [0.05, 0.1) is 23.8 Å². The number of nitro groups is 1. The van der Waals surface area contributed by atoms with Crippen molar-refractivity contribution < 1.29 is 9.66 Å². The lowest BCUT2D eigenvalue weighted by molar-refractivity contribution is -0.384. The van der Waals surface area contributed by atoms with Gasteiger partial charge in [0.15, 0.2) is 0 Å². The van der Waals surface area contributed by atoms with Crippen LogP contribution in [0.5, 0.6) is 5.75 Å². The number of anilines is 1. The van der Waals surface area contributed by atoms with Crippen LogP contribution in [0.15, 0.2) is 18.2 Å². The fourth-order valence-corrected chi connectivity index (χ4v) is 1.52. The Morgan fingerprint density at radius 2 is 2.31 bits per heavy atom. The third-order valence-electron chi connectivity index (χ3n) is 2.67. The molecular formula is C11H14N2O3. The Hall–Kier alpha value is -1.78. The van der Waals surface area contributed by atoms with E-state index >= 15 is 0 Å². The van der Waals surface area contributed by atoms with Crippen molar-refractivity contribution in [1.82, 2.24) is 0 Å². The predicted molar refractivity (Wildman–Crippen MR) is 60.9 cm³/mol. The van der Waals surface area contributed by atoms with Gasteiger partial charge in [-0.3, -0.25) is 10.1 Å². The number of benzene rings is 1. The first-order valence-corrected chi connectivity index (χ1v) is 5.27. The normalized spacial score (nSPS) is 14.6. The Bertz CT molecular complexity index is 402. The molecule has 0 spiro atoms. The largest absolute Gasteiger partial charge is 0.494 e. The van der Waals surface area contributed by atoms with Crippen molar-refractivity contribution in [3.05, 3.63) is 28.3 Å². The quantitative estimate of drug-likeness (QED) is 0.613. The number of rotatable bonds is 5. The summed E-state index contributed by atoms with van der Waals surface area (Å²) < 4.78 is 5.12. The number of hydrogen-bond donors (Lipinski definition) is 1. The predicted octanol–water partition coefficient (Wildman–Crippen LogP) is 2.43. The second-order valence-electron chi connectivity index (χ2n) is 3.97. The smallest absolute Gasteiger partial charge is 0.273 e. The van der Waals surface area contributed by atoms with Gasteiger partial charge < -0.3 is 10.1 Å². The summed E-state index contributed by atoms with van der Waals surface area (Å²) in [5.74, 6) is 1.27. The van der Waals surface area contributed by atoms with E-state index in [1.807, 2.05) is 0 Å². The molecule has 0 unspecified atom stereocenters. The molecule has 1 aromatic rings. The van der Waals surface area contributed by atoms with E-state index in [1.165, 1.54) is 32.1 Å². The van der Waals surface area contributed by atoms with Crippen LogP contribution in [0.3, 0.4) is 0 Å². The van der Waals surface area contributed by atoms with Gasteiger partial charge >= 0.3 is 0 Å². The summed E-state index contributed by atoms with van der Waals surface area (Å²) >= 11 is 0. The Labute approximate surface area is 93.6 Å². The van der Waals surface area contributed by atoms with Gasteiger partial charge in [0.1, 0.15) is 5.75 Å². The molecule has 86 valence electrons. The van der Waals surface area contributed by atoms with E-state index in [1.54, 1.807) is 6.07 Å². The molecule has 0 atom stereocenters. The van der Waals surface area contributed by atoms with Crippen LogP contribution in [-0.4, -0.2) is 18.6 Å². The maximum absolute atomic E-state index is 10.6. The van der Waals surface area contributed by atoms with Crippen LogP contribution in [0.25, 0.3) is 0 Å². The monoisotopic (exact) mass is 222 g/mol. The molecule has 0 bridgehead atoms. The standard InChI is InChI=1S/C11H14N2O3/c1-16-11-6-9(13(14)15)4-5-10(11)12-7-8-2-3-8/h4-6,8,12H,2-3,7H2,1H3. The van der Waals surface area contributed by atoms with E-state index in [9.17, 15) is 10.1 Å². The summed E-state index contributed by atoms with van der Waals surface area (Å²) in [7, 11) is 1.52. The Morgan fingerprint density at radius 3 is 2.88 bits per heavy atom. The highest BCUT2D eigenvalue weighted by atomic mass is 16.6. The number of nitro benzene ring substituents is 1. The van der Waals surface area contributed by atoms with E-state index < -0.39 is 4.92 Å². The molecule has 0 aliphatic heterocycles. The van der Waals surface area contributed by atoms with Crippen LogP contribution >= 0.6 is 0 Å². The number of nitrogens with zero attached hydrogens (tertiary/aromatic N) is 1. The van der Waals surface area contributed by atoms with Crippen molar-refractivity contribution in [2.24, 2.45) is 5.92 Å². The number of ether oxygens (including phenoxy) is 1. The molecule has 1 N–H and O–H groups in total. The van der Waals surface area contributed by atoms with Gasteiger partial charge in [-0.15, -0.1) is 0 Å². The summed E-state index contributed by atoms with van der Waals surface area (Å²) in [6, 6.07) is 4.62. The van der Waals surface area contributed by atoms with Crippen LogP contribution < -0.4 is 10.1 Å². The summed E-state index contributed by atoms with van der Waals surface area (Å²) in [5, 5.41) is 13.8. The lowest BCUT2D eigenvalue weighted by Gasteiger charge is -2.10.